The molecule has 0 bridgehead atoms. The van der Waals surface area contributed by atoms with E-state index in [9.17, 15) is 27.9 Å². The van der Waals surface area contributed by atoms with Crippen molar-refractivity contribution in [2.75, 3.05) is 0 Å². The molecule has 5 aromatic rings. The van der Waals surface area contributed by atoms with Crippen molar-refractivity contribution in [1.29, 1.82) is 0 Å². The van der Waals surface area contributed by atoms with Gasteiger partial charge in [0.15, 0.2) is 5.65 Å². The number of H-pyrrole nitrogens is 1. The third-order valence-electron chi connectivity index (χ3n) is 7.60. The zero-order valence-electron chi connectivity index (χ0n) is 24.4. The van der Waals surface area contributed by atoms with Crippen LogP contribution >= 0.6 is 0 Å². The molecular formula is C32H31F3N4O5. The smallest absolute Gasteiger partial charge is 0.477 e. The molecule has 44 heavy (non-hydrogen) atoms. The van der Waals surface area contributed by atoms with Crippen molar-refractivity contribution in [3.05, 3.63) is 93.2 Å². The summed E-state index contributed by atoms with van der Waals surface area (Å²) in [6.07, 6.45) is 0.568. The number of aryl methyl sites for hydroxylation is 3. The van der Waals surface area contributed by atoms with Crippen LogP contribution in [0.15, 0.2) is 63.9 Å². The molecule has 0 unspecified atom stereocenters. The third-order valence-corrected chi connectivity index (χ3v) is 7.60. The van der Waals surface area contributed by atoms with Crippen LogP contribution in [0.5, 0.6) is 5.75 Å². The van der Waals surface area contributed by atoms with Gasteiger partial charge >= 0.3 is 12.3 Å². The Balaban J connectivity index is 0.000000270. The van der Waals surface area contributed by atoms with Crippen molar-refractivity contribution in [2.24, 2.45) is 0 Å². The normalized spacial score (nSPS) is 13.9. The maximum Gasteiger partial charge on any atom is 0.573 e. The Kier molecular flexibility index (Phi) is 8.61. The third kappa shape index (κ3) is 6.69. The molecule has 0 saturated heterocycles. The van der Waals surface area contributed by atoms with Gasteiger partial charge in [0.25, 0.3) is 5.56 Å². The SMILES string of the molecule is Cc1cccc(OC(F)(F)F)c1.Cc1noc(C)c1-c1ccc(-c2nc3cc(C(=O)O)[nH]n3c(=O)c2C2CCCCC2)cc1. The standard InChI is InChI=1S/C24H24N4O4.C8H7F3O/c1-13-20(14(2)32-27-13)16-8-10-17(11-9-16)22-21(15-6-4-3-5-7-15)23(29)28-19(25-22)12-18(26-28)24(30)31;1-6-3-2-4-7(5-6)12-8(9,10)11/h8-12,15,26H,3-7H2,1-2H3,(H,30,31);2-5H,1H3. The summed E-state index contributed by atoms with van der Waals surface area (Å²) < 4.78 is 45.2. The highest BCUT2D eigenvalue weighted by Crippen LogP contribution is 2.37. The predicted octanol–water partition coefficient (Wildman–Crippen LogP) is 7.60. The van der Waals surface area contributed by atoms with E-state index in [1.807, 2.05) is 38.1 Å². The Labute approximate surface area is 250 Å². The fraction of sp³-hybridized carbons (Fsp3) is 0.312. The number of nitrogens with zero attached hydrogens (tertiary/aromatic N) is 3. The highest BCUT2D eigenvalue weighted by molar-refractivity contribution is 5.86. The van der Waals surface area contributed by atoms with Gasteiger partial charge in [0.05, 0.1) is 11.4 Å². The lowest BCUT2D eigenvalue weighted by molar-refractivity contribution is -0.274. The van der Waals surface area contributed by atoms with E-state index in [0.717, 1.165) is 59.4 Å². The first-order chi connectivity index (χ1) is 20.9. The lowest BCUT2D eigenvalue weighted by Crippen LogP contribution is -2.25. The fourth-order valence-corrected chi connectivity index (χ4v) is 5.63. The number of carboxylic acids is 1. The van der Waals surface area contributed by atoms with E-state index in [-0.39, 0.29) is 22.9 Å². The topological polar surface area (TPSA) is 123 Å². The first kappa shape index (κ1) is 30.6. The van der Waals surface area contributed by atoms with Crippen molar-refractivity contribution >= 4 is 11.6 Å². The number of alkyl halides is 3. The summed E-state index contributed by atoms with van der Waals surface area (Å²) in [5.74, 6) is -0.444. The number of aromatic amines is 1. The summed E-state index contributed by atoms with van der Waals surface area (Å²) in [5, 5.41) is 16.1. The largest absolute Gasteiger partial charge is 0.573 e. The van der Waals surface area contributed by atoms with Crippen LogP contribution in [0, 0.1) is 20.8 Å². The van der Waals surface area contributed by atoms with Gasteiger partial charge in [0, 0.05) is 22.8 Å². The molecule has 230 valence electrons. The number of nitrogens with one attached hydrogen (secondary N) is 1. The zero-order chi connectivity index (χ0) is 31.6. The minimum absolute atomic E-state index is 0.0601. The number of benzene rings is 2. The van der Waals surface area contributed by atoms with Crippen molar-refractivity contribution in [3.63, 3.8) is 0 Å². The minimum atomic E-state index is -4.60. The number of carboxylic acid groups (broad SMARTS) is 1. The van der Waals surface area contributed by atoms with Gasteiger partial charge in [0.1, 0.15) is 17.2 Å². The molecule has 0 atom stereocenters. The summed E-state index contributed by atoms with van der Waals surface area (Å²) in [4.78, 5) is 29.7. The second-order valence-electron chi connectivity index (χ2n) is 10.8. The molecule has 1 aliphatic carbocycles. The van der Waals surface area contributed by atoms with Crippen LogP contribution in [0.25, 0.3) is 28.0 Å². The lowest BCUT2D eigenvalue weighted by Gasteiger charge is -2.23. The Morgan fingerprint density at radius 3 is 2.30 bits per heavy atom. The molecule has 9 nitrogen and oxygen atoms in total. The van der Waals surface area contributed by atoms with Crippen molar-refractivity contribution in [2.45, 2.75) is 65.2 Å². The number of aromatic nitrogens is 4. The molecule has 3 heterocycles. The molecule has 0 aliphatic heterocycles. The minimum Gasteiger partial charge on any atom is -0.477 e. The van der Waals surface area contributed by atoms with E-state index in [1.165, 1.54) is 35.2 Å². The van der Waals surface area contributed by atoms with Gasteiger partial charge in [-0.1, -0.05) is 60.8 Å². The molecule has 12 heteroatoms. The Bertz CT molecular complexity index is 1830. The first-order valence-corrected chi connectivity index (χ1v) is 14.2. The number of hydrogen-bond acceptors (Lipinski definition) is 6. The van der Waals surface area contributed by atoms with Crippen LogP contribution in [0.1, 0.15) is 71.1 Å². The van der Waals surface area contributed by atoms with Gasteiger partial charge in [-0.3, -0.25) is 9.89 Å². The number of halogens is 3. The van der Waals surface area contributed by atoms with E-state index in [2.05, 4.69) is 15.0 Å². The molecule has 6 rings (SSSR count). The van der Waals surface area contributed by atoms with Crippen LogP contribution in [0.2, 0.25) is 0 Å². The second-order valence-corrected chi connectivity index (χ2v) is 10.8. The molecule has 1 fully saturated rings. The van der Waals surface area contributed by atoms with E-state index >= 15 is 0 Å². The zero-order valence-corrected chi connectivity index (χ0v) is 24.4. The summed E-state index contributed by atoms with van der Waals surface area (Å²) in [7, 11) is 0. The summed E-state index contributed by atoms with van der Waals surface area (Å²) in [5.41, 5.74) is 5.64. The Morgan fingerprint density at radius 2 is 1.70 bits per heavy atom. The number of aromatic carboxylic acids is 1. The number of carbonyl (C=O) groups is 1. The average Bonchev–Trinajstić information content (AvgIpc) is 3.56. The van der Waals surface area contributed by atoms with E-state index in [1.54, 1.807) is 13.0 Å². The van der Waals surface area contributed by atoms with Gasteiger partial charge in [-0.05, 0) is 62.8 Å². The molecule has 1 saturated carbocycles. The average molecular weight is 609 g/mol. The summed E-state index contributed by atoms with van der Waals surface area (Å²) in [6, 6.07) is 15.1. The van der Waals surface area contributed by atoms with E-state index in [0.29, 0.717) is 16.9 Å². The Hall–Kier alpha value is -4.87. The van der Waals surface area contributed by atoms with Gasteiger partial charge < -0.3 is 14.4 Å². The maximum absolute atomic E-state index is 13.5. The summed E-state index contributed by atoms with van der Waals surface area (Å²) in [6.45, 7) is 5.49. The van der Waals surface area contributed by atoms with E-state index < -0.39 is 12.3 Å². The van der Waals surface area contributed by atoms with Crippen LogP contribution in [0.3, 0.4) is 0 Å². The number of fused-ring (bicyclic) bond motifs is 1. The number of hydrogen-bond donors (Lipinski definition) is 2. The van der Waals surface area contributed by atoms with E-state index in [4.69, 9.17) is 9.51 Å². The van der Waals surface area contributed by atoms with Gasteiger partial charge in [0.2, 0.25) is 0 Å². The highest BCUT2D eigenvalue weighted by Gasteiger charge is 2.31. The molecule has 0 spiro atoms. The highest BCUT2D eigenvalue weighted by atomic mass is 19.4. The molecular weight excluding hydrogens is 577 g/mol. The van der Waals surface area contributed by atoms with Crippen molar-refractivity contribution in [3.8, 4) is 28.1 Å². The Morgan fingerprint density at radius 1 is 1.02 bits per heavy atom. The monoisotopic (exact) mass is 608 g/mol. The number of ether oxygens (including phenoxy) is 1. The van der Waals surface area contributed by atoms with Crippen LogP contribution in [0.4, 0.5) is 13.2 Å². The van der Waals surface area contributed by atoms with Gasteiger partial charge in [-0.2, -0.15) is 0 Å². The second kappa shape index (κ2) is 12.4. The molecule has 2 aromatic carbocycles. The molecule has 1 aliphatic rings. The van der Waals surface area contributed by atoms with Crippen LogP contribution in [-0.4, -0.2) is 37.2 Å². The molecule has 2 N–H and O–H groups in total. The molecule has 0 amide bonds. The number of rotatable bonds is 5. The van der Waals surface area contributed by atoms with Crippen LogP contribution < -0.4 is 10.3 Å². The lowest BCUT2D eigenvalue weighted by atomic mass is 9.82. The van der Waals surface area contributed by atoms with Crippen molar-refractivity contribution in [1.82, 2.24) is 19.8 Å². The fourth-order valence-electron chi connectivity index (χ4n) is 5.63. The first-order valence-electron chi connectivity index (χ1n) is 14.2. The summed E-state index contributed by atoms with van der Waals surface area (Å²) >= 11 is 0. The van der Waals surface area contributed by atoms with Gasteiger partial charge in [-0.25, -0.2) is 14.3 Å². The van der Waals surface area contributed by atoms with Crippen molar-refractivity contribution < 1.29 is 32.3 Å². The quantitative estimate of drug-likeness (QED) is 0.211. The van der Waals surface area contributed by atoms with Gasteiger partial charge in [-0.15, -0.1) is 13.2 Å². The predicted molar refractivity (Wildman–Crippen MR) is 157 cm³/mol. The maximum atomic E-state index is 13.5. The molecule has 3 aromatic heterocycles. The molecule has 0 radical (unpaired) electrons. The van der Waals surface area contributed by atoms with Crippen LogP contribution in [-0.2, 0) is 0 Å².